The van der Waals surface area contributed by atoms with Crippen molar-refractivity contribution in [1.29, 1.82) is 0 Å². The largest absolute Gasteiger partial charge is 0.394 e. The molecule has 0 aliphatic carbocycles. The molecule has 0 aliphatic rings. The molecule has 0 spiro atoms. The van der Waals surface area contributed by atoms with Crippen molar-refractivity contribution >= 4 is 27.7 Å². The van der Waals surface area contributed by atoms with Crippen LogP contribution in [-0.4, -0.2) is 27.7 Å². The summed E-state index contributed by atoms with van der Waals surface area (Å²) in [5.41, 5.74) is 5.40. The second kappa shape index (κ2) is 4.38. The molecule has 0 bridgehead atoms. The van der Waals surface area contributed by atoms with Crippen LogP contribution in [0.4, 0.5) is 11.8 Å². The van der Waals surface area contributed by atoms with Crippen LogP contribution >= 0.6 is 15.9 Å². The van der Waals surface area contributed by atoms with E-state index in [1.54, 1.807) is 6.20 Å². The highest BCUT2D eigenvalue weighted by Gasteiger charge is 2.05. The van der Waals surface area contributed by atoms with Gasteiger partial charge in [-0.25, -0.2) is 4.98 Å². The highest BCUT2D eigenvalue weighted by atomic mass is 79.9. The van der Waals surface area contributed by atoms with Crippen LogP contribution < -0.4 is 11.1 Å². The Morgan fingerprint density at radius 1 is 1.77 bits per heavy atom. The van der Waals surface area contributed by atoms with Gasteiger partial charge >= 0.3 is 0 Å². The Morgan fingerprint density at radius 2 is 2.46 bits per heavy atom. The lowest BCUT2D eigenvalue weighted by atomic mass is 10.3. The molecule has 72 valence electrons. The summed E-state index contributed by atoms with van der Waals surface area (Å²) < 4.78 is 0.724. The summed E-state index contributed by atoms with van der Waals surface area (Å²) in [4.78, 5) is 7.75. The molecule has 1 heterocycles. The number of aromatic nitrogens is 2. The van der Waals surface area contributed by atoms with Gasteiger partial charge in [-0.05, 0) is 22.9 Å². The minimum atomic E-state index is -0.0643. The van der Waals surface area contributed by atoms with Crippen molar-refractivity contribution in [2.45, 2.75) is 13.0 Å². The first-order valence-corrected chi connectivity index (χ1v) is 4.58. The first kappa shape index (κ1) is 10.2. The van der Waals surface area contributed by atoms with Gasteiger partial charge in [-0.15, -0.1) is 0 Å². The Morgan fingerprint density at radius 3 is 3.08 bits per heavy atom. The fourth-order valence-corrected chi connectivity index (χ4v) is 1.07. The minimum absolute atomic E-state index is 0.0380. The fraction of sp³-hybridized carbons (Fsp3) is 0.429. The Kier molecular flexibility index (Phi) is 3.44. The number of nitrogen functional groups attached to an aromatic ring is 1. The standard InChI is InChI=1S/C7H11BrN4O/c1-4(3-13)11-6-5(8)2-10-7(9)12-6/h2,4,13H,3H2,1H3,(H3,9,10,11,12)/t4-/m1/s1. The van der Waals surface area contributed by atoms with E-state index in [2.05, 4.69) is 31.2 Å². The molecule has 0 saturated carbocycles. The third-order valence-electron chi connectivity index (χ3n) is 1.42. The van der Waals surface area contributed by atoms with Crippen LogP contribution in [0.5, 0.6) is 0 Å². The summed E-state index contributed by atoms with van der Waals surface area (Å²) in [5.74, 6) is 0.796. The number of aliphatic hydroxyl groups is 1. The van der Waals surface area contributed by atoms with E-state index in [1.165, 1.54) is 0 Å². The van der Waals surface area contributed by atoms with Crippen molar-refractivity contribution in [1.82, 2.24) is 9.97 Å². The predicted octanol–water partition coefficient (Wildman–Crippen LogP) is 0.614. The van der Waals surface area contributed by atoms with Crippen molar-refractivity contribution in [2.75, 3.05) is 17.7 Å². The Bertz CT molecular complexity index is 294. The molecule has 1 aromatic heterocycles. The molecule has 5 nitrogen and oxygen atoms in total. The summed E-state index contributed by atoms with van der Waals surface area (Å²) in [6.45, 7) is 1.88. The van der Waals surface area contributed by atoms with Crippen LogP contribution in [0.1, 0.15) is 6.92 Å². The van der Waals surface area contributed by atoms with E-state index in [-0.39, 0.29) is 18.6 Å². The van der Waals surface area contributed by atoms with Crippen LogP contribution in [-0.2, 0) is 0 Å². The smallest absolute Gasteiger partial charge is 0.221 e. The minimum Gasteiger partial charge on any atom is -0.394 e. The molecule has 0 amide bonds. The lowest BCUT2D eigenvalue weighted by Gasteiger charge is -2.12. The number of nitrogens with zero attached hydrogens (tertiary/aromatic N) is 2. The maximum absolute atomic E-state index is 8.80. The van der Waals surface area contributed by atoms with Crippen LogP contribution in [0.15, 0.2) is 10.7 Å². The van der Waals surface area contributed by atoms with Gasteiger partial charge in [0.2, 0.25) is 5.95 Å². The maximum atomic E-state index is 8.80. The lowest BCUT2D eigenvalue weighted by molar-refractivity contribution is 0.281. The zero-order valence-electron chi connectivity index (χ0n) is 7.16. The summed E-state index contributed by atoms with van der Waals surface area (Å²) in [6.07, 6.45) is 1.56. The first-order valence-electron chi connectivity index (χ1n) is 3.79. The van der Waals surface area contributed by atoms with E-state index in [0.29, 0.717) is 5.82 Å². The van der Waals surface area contributed by atoms with Gasteiger partial charge in [-0.2, -0.15) is 4.98 Å². The molecule has 0 aliphatic heterocycles. The summed E-state index contributed by atoms with van der Waals surface area (Å²) >= 11 is 3.26. The molecular formula is C7H11BrN4O. The van der Waals surface area contributed by atoms with Crippen LogP contribution in [0.3, 0.4) is 0 Å². The number of anilines is 2. The lowest BCUT2D eigenvalue weighted by Crippen LogP contribution is -2.20. The van der Waals surface area contributed by atoms with Crippen molar-refractivity contribution in [3.63, 3.8) is 0 Å². The van der Waals surface area contributed by atoms with Crippen LogP contribution in [0.2, 0.25) is 0 Å². The van der Waals surface area contributed by atoms with Gasteiger partial charge < -0.3 is 16.2 Å². The molecule has 0 radical (unpaired) electrons. The molecule has 6 heteroatoms. The van der Waals surface area contributed by atoms with E-state index < -0.39 is 0 Å². The number of aliphatic hydroxyl groups excluding tert-OH is 1. The molecule has 1 aromatic rings. The second-order valence-electron chi connectivity index (χ2n) is 2.65. The average molecular weight is 247 g/mol. The van der Waals surface area contributed by atoms with Crippen LogP contribution in [0.25, 0.3) is 0 Å². The van der Waals surface area contributed by atoms with Gasteiger partial charge in [0.1, 0.15) is 5.82 Å². The third-order valence-corrected chi connectivity index (χ3v) is 2.00. The fourth-order valence-electron chi connectivity index (χ4n) is 0.761. The van der Waals surface area contributed by atoms with Crippen molar-refractivity contribution in [3.05, 3.63) is 10.7 Å². The number of hydrogen-bond acceptors (Lipinski definition) is 5. The van der Waals surface area contributed by atoms with E-state index in [0.717, 1.165) is 4.47 Å². The topological polar surface area (TPSA) is 84.1 Å². The highest BCUT2D eigenvalue weighted by Crippen LogP contribution is 2.19. The Hall–Kier alpha value is -0.880. The molecule has 1 rings (SSSR count). The predicted molar refractivity (Wildman–Crippen MR) is 54.3 cm³/mol. The third kappa shape index (κ3) is 2.82. The van der Waals surface area contributed by atoms with Gasteiger partial charge in [-0.1, -0.05) is 0 Å². The van der Waals surface area contributed by atoms with Gasteiger partial charge in [0.25, 0.3) is 0 Å². The summed E-state index contributed by atoms with van der Waals surface area (Å²) in [7, 11) is 0. The van der Waals surface area contributed by atoms with E-state index in [1.807, 2.05) is 6.92 Å². The molecular weight excluding hydrogens is 236 g/mol. The molecule has 0 aromatic carbocycles. The van der Waals surface area contributed by atoms with Gasteiger partial charge in [0, 0.05) is 12.2 Å². The Labute approximate surface area is 84.5 Å². The van der Waals surface area contributed by atoms with Gasteiger partial charge in [-0.3, -0.25) is 0 Å². The number of nitrogens with one attached hydrogen (secondary N) is 1. The average Bonchev–Trinajstić information content (AvgIpc) is 2.11. The highest BCUT2D eigenvalue weighted by molar-refractivity contribution is 9.10. The first-order chi connectivity index (χ1) is 6.13. The molecule has 4 N–H and O–H groups in total. The molecule has 0 unspecified atom stereocenters. The van der Waals surface area contributed by atoms with Crippen molar-refractivity contribution in [3.8, 4) is 0 Å². The van der Waals surface area contributed by atoms with Gasteiger partial charge in [0.05, 0.1) is 11.1 Å². The van der Waals surface area contributed by atoms with E-state index in [9.17, 15) is 0 Å². The summed E-state index contributed by atoms with van der Waals surface area (Å²) in [6, 6.07) is -0.0643. The molecule has 0 saturated heterocycles. The zero-order valence-corrected chi connectivity index (χ0v) is 8.74. The van der Waals surface area contributed by atoms with Crippen molar-refractivity contribution < 1.29 is 5.11 Å². The van der Waals surface area contributed by atoms with Crippen LogP contribution in [0, 0.1) is 0 Å². The molecule has 1 atom stereocenters. The molecule has 0 fully saturated rings. The van der Waals surface area contributed by atoms with Crippen molar-refractivity contribution in [2.24, 2.45) is 0 Å². The van der Waals surface area contributed by atoms with E-state index >= 15 is 0 Å². The number of nitrogens with two attached hydrogens (primary N) is 1. The number of rotatable bonds is 3. The maximum Gasteiger partial charge on any atom is 0.221 e. The molecule has 13 heavy (non-hydrogen) atoms. The second-order valence-corrected chi connectivity index (χ2v) is 3.51. The van der Waals surface area contributed by atoms with E-state index in [4.69, 9.17) is 10.8 Å². The monoisotopic (exact) mass is 246 g/mol. The zero-order chi connectivity index (χ0) is 9.84. The quantitative estimate of drug-likeness (QED) is 0.728. The normalized spacial score (nSPS) is 12.5. The Balaban J connectivity index is 2.81. The SMILES string of the molecule is C[C@H](CO)Nc1nc(N)ncc1Br. The van der Waals surface area contributed by atoms with Gasteiger partial charge in [0.15, 0.2) is 0 Å². The summed E-state index contributed by atoms with van der Waals surface area (Å²) in [5, 5.41) is 11.8. The number of hydrogen-bond donors (Lipinski definition) is 3. The number of halogens is 1.